The van der Waals surface area contributed by atoms with E-state index in [1.165, 1.54) is 6.92 Å². The molecule has 0 aromatic heterocycles. The summed E-state index contributed by atoms with van der Waals surface area (Å²) in [7, 11) is -3.48. The van der Waals surface area contributed by atoms with Crippen LogP contribution in [0.3, 0.4) is 0 Å². The summed E-state index contributed by atoms with van der Waals surface area (Å²) in [6, 6.07) is 9.60. The van der Waals surface area contributed by atoms with Crippen molar-refractivity contribution in [1.82, 2.24) is 5.32 Å². The van der Waals surface area contributed by atoms with Crippen molar-refractivity contribution in [2.45, 2.75) is 44.6 Å². The fourth-order valence-corrected chi connectivity index (χ4v) is 3.06. The molecule has 0 aliphatic heterocycles. The quantitative estimate of drug-likeness (QED) is 0.447. The Morgan fingerprint density at radius 3 is 2.32 bits per heavy atom. The van der Waals surface area contributed by atoms with Crippen LogP contribution in [0.2, 0.25) is 0 Å². The second-order valence-corrected chi connectivity index (χ2v) is 7.74. The average molecular weight is 370 g/mol. The smallest absolute Gasteiger partial charge is 0.264 e. The van der Waals surface area contributed by atoms with E-state index >= 15 is 0 Å². The minimum atomic E-state index is -3.48. The number of hydrogen-bond donors (Lipinski definition) is 2. The molecule has 0 radical (unpaired) electrons. The summed E-state index contributed by atoms with van der Waals surface area (Å²) in [6.45, 7) is 1.37. The first kappa shape index (κ1) is 21.1. The number of amides is 2. The molecule has 1 atom stereocenters. The molecule has 7 nitrogen and oxygen atoms in total. The number of primary amides is 1. The number of hydrogen-bond acceptors (Lipinski definition) is 5. The minimum Gasteiger partial charge on any atom is -0.368 e. The van der Waals surface area contributed by atoms with Crippen LogP contribution < -0.4 is 11.1 Å². The summed E-state index contributed by atoms with van der Waals surface area (Å²) in [5.41, 5.74) is 5.47. The van der Waals surface area contributed by atoms with Crippen molar-refractivity contribution >= 4 is 21.9 Å². The second kappa shape index (κ2) is 9.53. The van der Waals surface area contributed by atoms with E-state index in [-0.39, 0.29) is 12.5 Å². The standard InChI is InChI=1S/C17H26N2O5S/c1-14(20)19-17(16(18)21,11-6-7-13-24-25(2,22)23)12-10-15-8-4-3-5-9-15/h3-5,8-9H,6-7,10-13H2,1-2H3,(H2,18,21)(H,19,20). The molecule has 0 saturated heterocycles. The maximum Gasteiger partial charge on any atom is 0.264 e. The highest BCUT2D eigenvalue weighted by atomic mass is 32.2. The van der Waals surface area contributed by atoms with Gasteiger partial charge in [0, 0.05) is 6.92 Å². The SMILES string of the molecule is CC(=O)NC(CCCCOS(C)(=O)=O)(CCc1ccccc1)C(N)=O. The van der Waals surface area contributed by atoms with Gasteiger partial charge in [-0.25, -0.2) is 0 Å². The summed E-state index contributed by atoms with van der Waals surface area (Å²) in [5, 5.41) is 2.70. The zero-order valence-corrected chi connectivity index (χ0v) is 15.5. The lowest BCUT2D eigenvalue weighted by Crippen LogP contribution is -2.57. The Labute approximate surface area is 149 Å². The van der Waals surface area contributed by atoms with Crippen LogP contribution in [-0.2, 0) is 30.3 Å². The molecule has 1 aromatic carbocycles. The fraction of sp³-hybridized carbons (Fsp3) is 0.529. The Balaban J connectivity index is 2.72. The summed E-state index contributed by atoms with van der Waals surface area (Å²) >= 11 is 0. The van der Waals surface area contributed by atoms with Gasteiger partial charge in [-0.3, -0.25) is 13.8 Å². The lowest BCUT2D eigenvalue weighted by Gasteiger charge is -2.31. The molecule has 0 spiro atoms. The van der Waals surface area contributed by atoms with E-state index < -0.39 is 21.6 Å². The maximum atomic E-state index is 12.1. The molecule has 0 fully saturated rings. The first-order valence-corrected chi connectivity index (χ1v) is 9.93. The Morgan fingerprint density at radius 1 is 1.16 bits per heavy atom. The van der Waals surface area contributed by atoms with Crippen LogP contribution in [0, 0.1) is 0 Å². The normalized spacial score (nSPS) is 13.8. The second-order valence-electron chi connectivity index (χ2n) is 6.10. The summed E-state index contributed by atoms with van der Waals surface area (Å²) < 4.78 is 26.6. The molecule has 0 bridgehead atoms. The highest BCUT2D eigenvalue weighted by Crippen LogP contribution is 2.22. The van der Waals surface area contributed by atoms with E-state index in [4.69, 9.17) is 5.73 Å². The average Bonchev–Trinajstić information content (AvgIpc) is 2.51. The Bertz CT molecular complexity index is 676. The summed E-state index contributed by atoms with van der Waals surface area (Å²) in [6.07, 6.45) is 3.20. The largest absolute Gasteiger partial charge is 0.368 e. The molecule has 0 aliphatic rings. The number of rotatable bonds is 11. The maximum absolute atomic E-state index is 12.1. The highest BCUT2D eigenvalue weighted by Gasteiger charge is 2.36. The van der Waals surface area contributed by atoms with Gasteiger partial charge < -0.3 is 11.1 Å². The lowest BCUT2D eigenvalue weighted by atomic mass is 9.85. The molecule has 1 rings (SSSR count). The fourth-order valence-electron chi connectivity index (χ4n) is 2.64. The monoisotopic (exact) mass is 370 g/mol. The zero-order valence-electron chi connectivity index (χ0n) is 14.7. The van der Waals surface area contributed by atoms with Crippen LogP contribution in [0.5, 0.6) is 0 Å². The van der Waals surface area contributed by atoms with Gasteiger partial charge in [0.2, 0.25) is 11.8 Å². The number of unbranched alkanes of at least 4 members (excludes halogenated alkanes) is 1. The number of carbonyl (C=O) groups is 2. The van der Waals surface area contributed by atoms with Gasteiger partial charge in [-0.1, -0.05) is 30.3 Å². The predicted octanol–water partition coefficient (Wildman–Crippen LogP) is 1.13. The van der Waals surface area contributed by atoms with Gasteiger partial charge in [-0.2, -0.15) is 8.42 Å². The molecule has 8 heteroatoms. The van der Waals surface area contributed by atoms with E-state index in [0.29, 0.717) is 32.1 Å². The van der Waals surface area contributed by atoms with Gasteiger partial charge >= 0.3 is 0 Å². The van der Waals surface area contributed by atoms with Gasteiger partial charge in [0.05, 0.1) is 12.9 Å². The first-order valence-electron chi connectivity index (χ1n) is 8.12. The van der Waals surface area contributed by atoms with Gasteiger partial charge in [0.25, 0.3) is 10.1 Å². The zero-order chi connectivity index (χ0) is 18.9. The molecular weight excluding hydrogens is 344 g/mol. The minimum absolute atomic E-state index is 0.0342. The van der Waals surface area contributed by atoms with E-state index in [0.717, 1.165) is 11.8 Å². The van der Waals surface area contributed by atoms with Crippen LogP contribution in [-0.4, -0.2) is 38.6 Å². The van der Waals surface area contributed by atoms with Crippen molar-refractivity contribution in [3.8, 4) is 0 Å². The van der Waals surface area contributed by atoms with Gasteiger partial charge in [-0.05, 0) is 37.7 Å². The van der Waals surface area contributed by atoms with Crippen molar-refractivity contribution in [3.63, 3.8) is 0 Å². The molecule has 2 amide bonds. The Morgan fingerprint density at radius 2 is 1.80 bits per heavy atom. The third-order valence-electron chi connectivity index (χ3n) is 3.87. The van der Waals surface area contributed by atoms with Crippen molar-refractivity contribution in [1.29, 1.82) is 0 Å². The number of nitrogens with two attached hydrogens (primary N) is 1. The molecule has 1 aromatic rings. The lowest BCUT2D eigenvalue weighted by molar-refractivity contribution is -0.131. The number of benzene rings is 1. The summed E-state index contributed by atoms with van der Waals surface area (Å²) in [4.78, 5) is 23.7. The van der Waals surface area contributed by atoms with Gasteiger partial charge in [0.15, 0.2) is 0 Å². The van der Waals surface area contributed by atoms with Crippen molar-refractivity contribution < 1.29 is 22.2 Å². The molecule has 140 valence electrons. The van der Waals surface area contributed by atoms with E-state index in [1.807, 2.05) is 30.3 Å². The van der Waals surface area contributed by atoms with Crippen LogP contribution in [0.25, 0.3) is 0 Å². The molecule has 1 unspecified atom stereocenters. The third-order valence-corrected chi connectivity index (χ3v) is 4.46. The molecule has 3 N–H and O–H groups in total. The van der Waals surface area contributed by atoms with Crippen LogP contribution in [0.1, 0.15) is 38.2 Å². The van der Waals surface area contributed by atoms with Gasteiger partial charge in [0.1, 0.15) is 5.54 Å². The third kappa shape index (κ3) is 8.13. The van der Waals surface area contributed by atoms with Crippen LogP contribution in [0.4, 0.5) is 0 Å². The Kier molecular flexibility index (Phi) is 8.05. The van der Waals surface area contributed by atoms with Crippen molar-refractivity contribution in [3.05, 3.63) is 35.9 Å². The summed E-state index contributed by atoms with van der Waals surface area (Å²) in [5.74, 6) is -0.929. The van der Waals surface area contributed by atoms with Crippen molar-refractivity contribution in [2.75, 3.05) is 12.9 Å². The Hall–Kier alpha value is -1.93. The molecule has 0 heterocycles. The molecular formula is C17H26N2O5S. The number of nitrogens with one attached hydrogen (secondary N) is 1. The predicted molar refractivity (Wildman–Crippen MR) is 95.2 cm³/mol. The number of carbonyl (C=O) groups excluding carboxylic acids is 2. The topological polar surface area (TPSA) is 116 Å². The van der Waals surface area contributed by atoms with E-state index in [1.54, 1.807) is 0 Å². The van der Waals surface area contributed by atoms with E-state index in [2.05, 4.69) is 9.50 Å². The van der Waals surface area contributed by atoms with Gasteiger partial charge in [-0.15, -0.1) is 0 Å². The molecule has 0 aliphatic carbocycles. The van der Waals surface area contributed by atoms with Crippen molar-refractivity contribution in [2.24, 2.45) is 5.73 Å². The molecule has 25 heavy (non-hydrogen) atoms. The van der Waals surface area contributed by atoms with Crippen LogP contribution in [0.15, 0.2) is 30.3 Å². The molecule has 0 saturated carbocycles. The first-order chi connectivity index (χ1) is 11.6. The van der Waals surface area contributed by atoms with E-state index in [9.17, 15) is 18.0 Å². The number of aryl methyl sites for hydroxylation is 1. The highest BCUT2D eigenvalue weighted by molar-refractivity contribution is 7.85. The van der Waals surface area contributed by atoms with Crippen LogP contribution >= 0.6 is 0 Å².